The minimum Gasteiger partial charge on any atom is -0.496 e. The van der Waals surface area contributed by atoms with Gasteiger partial charge in [0.15, 0.2) is 0 Å². The first kappa shape index (κ1) is 13.0. The maximum absolute atomic E-state index is 5.50. The molecule has 0 bridgehead atoms. The summed E-state index contributed by atoms with van der Waals surface area (Å²) in [5.41, 5.74) is 4.95. The fraction of sp³-hybridized carbons (Fsp3) is 0.500. The monoisotopic (exact) mass is 224 g/mol. The molecule has 0 aliphatic carbocycles. The van der Waals surface area contributed by atoms with Crippen LogP contribution in [0.5, 0.6) is 5.75 Å². The van der Waals surface area contributed by atoms with Crippen LogP contribution in [0.15, 0.2) is 18.2 Å². The minimum atomic E-state index is 0.0181. The number of hydrogen-bond acceptors (Lipinski definition) is 4. The minimum absolute atomic E-state index is 0.0181. The van der Waals surface area contributed by atoms with Crippen molar-refractivity contribution in [2.75, 3.05) is 20.3 Å². The molecule has 1 unspecified atom stereocenters. The second-order valence-corrected chi connectivity index (χ2v) is 3.61. The Morgan fingerprint density at radius 1 is 1.44 bits per heavy atom. The average molecular weight is 224 g/mol. The van der Waals surface area contributed by atoms with E-state index in [1.807, 2.05) is 26.0 Å². The molecule has 3 N–H and O–H groups in total. The first-order chi connectivity index (χ1) is 7.72. The molecule has 0 heterocycles. The number of rotatable bonds is 6. The van der Waals surface area contributed by atoms with Gasteiger partial charge >= 0.3 is 0 Å². The summed E-state index contributed by atoms with van der Waals surface area (Å²) in [6.45, 7) is 5.23. The Morgan fingerprint density at radius 3 is 2.69 bits per heavy atom. The Hall–Kier alpha value is -1.10. The van der Waals surface area contributed by atoms with Crippen LogP contribution in [-0.4, -0.2) is 20.3 Å². The van der Waals surface area contributed by atoms with E-state index in [1.165, 1.54) is 0 Å². The first-order valence-electron chi connectivity index (χ1n) is 5.41. The topological polar surface area (TPSA) is 56.5 Å². The molecule has 1 rings (SSSR count). The number of ether oxygens (including phenoxy) is 2. The molecule has 0 aliphatic heterocycles. The van der Waals surface area contributed by atoms with E-state index in [9.17, 15) is 0 Å². The van der Waals surface area contributed by atoms with Gasteiger partial charge in [0.05, 0.1) is 19.8 Å². The summed E-state index contributed by atoms with van der Waals surface area (Å²) in [4.78, 5) is 0. The van der Waals surface area contributed by atoms with Gasteiger partial charge in [-0.2, -0.15) is 0 Å². The van der Waals surface area contributed by atoms with Gasteiger partial charge in [0.2, 0.25) is 0 Å². The molecule has 0 amide bonds. The number of hydrazine groups is 1. The van der Waals surface area contributed by atoms with Crippen LogP contribution in [0.3, 0.4) is 0 Å². The number of methoxy groups -OCH3 is 1. The summed E-state index contributed by atoms with van der Waals surface area (Å²) in [5.74, 6) is 6.39. The highest BCUT2D eigenvalue weighted by molar-refractivity contribution is 5.37. The lowest BCUT2D eigenvalue weighted by Crippen LogP contribution is -2.31. The van der Waals surface area contributed by atoms with Crippen LogP contribution in [0.1, 0.15) is 24.1 Å². The van der Waals surface area contributed by atoms with Crippen molar-refractivity contribution in [3.05, 3.63) is 29.3 Å². The van der Waals surface area contributed by atoms with E-state index in [4.69, 9.17) is 15.3 Å². The third-order valence-electron chi connectivity index (χ3n) is 2.51. The van der Waals surface area contributed by atoms with Gasteiger partial charge in [0.1, 0.15) is 5.75 Å². The number of nitrogens with one attached hydrogen (secondary N) is 1. The first-order valence-corrected chi connectivity index (χ1v) is 5.41. The maximum atomic E-state index is 5.50. The number of hydrogen-bond donors (Lipinski definition) is 2. The zero-order chi connectivity index (χ0) is 12.0. The van der Waals surface area contributed by atoms with Crippen LogP contribution < -0.4 is 16.0 Å². The zero-order valence-electron chi connectivity index (χ0n) is 10.1. The SMILES string of the molecule is CCOCC(NN)c1ccc(OC)c(C)c1. The Bertz CT molecular complexity index is 329. The Labute approximate surface area is 96.7 Å². The lowest BCUT2D eigenvalue weighted by Gasteiger charge is -2.17. The number of aryl methyl sites for hydroxylation is 1. The lowest BCUT2D eigenvalue weighted by molar-refractivity contribution is 0.123. The molecule has 4 heteroatoms. The van der Waals surface area contributed by atoms with Crippen molar-refractivity contribution in [1.82, 2.24) is 5.43 Å². The smallest absolute Gasteiger partial charge is 0.121 e. The van der Waals surface area contributed by atoms with Crippen LogP contribution in [-0.2, 0) is 4.74 Å². The molecule has 1 aromatic carbocycles. The lowest BCUT2D eigenvalue weighted by atomic mass is 10.0. The quantitative estimate of drug-likeness (QED) is 0.568. The summed E-state index contributed by atoms with van der Waals surface area (Å²) >= 11 is 0. The predicted octanol–water partition coefficient (Wildman–Crippen LogP) is 1.54. The number of nitrogens with two attached hydrogens (primary N) is 1. The number of benzene rings is 1. The fourth-order valence-corrected chi connectivity index (χ4v) is 1.59. The van der Waals surface area contributed by atoms with Gasteiger partial charge in [-0.05, 0) is 31.0 Å². The second kappa shape index (κ2) is 6.48. The van der Waals surface area contributed by atoms with E-state index >= 15 is 0 Å². The van der Waals surface area contributed by atoms with Gasteiger partial charge < -0.3 is 9.47 Å². The Balaban J connectivity index is 2.80. The molecule has 0 saturated heterocycles. The maximum Gasteiger partial charge on any atom is 0.121 e. The highest BCUT2D eigenvalue weighted by Crippen LogP contribution is 2.22. The van der Waals surface area contributed by atoms with Gasteiger partial charge in [-0.3, -0.25) is 11.3 Å². The van der Waals surface area contributed by atoms with E-state index < -0.39 is 0 Å². The molecule has 16 heavy (non-hydrogen) atoms. The van der Waals surface area contributed by atoms with E-state index in [1.54, 1.807) is 7.11 Å². The third kappa shape index (κ3) is 3.20. The van der Waals surface area contributed by atoms with E-state index in [0.29, 0.717) is 13.2 Å². The highest BCUT2D eigenvalue weighted by Gasteiger charge is 2.10. The van der Waals surface area contributed by atoms with Gasteiger partial charge in [0, 0.05) is 6.61 Å². The van der Waals surface area contributed by atoms with Crippen LogP contribution in [0.2, 0.25) is 0 Å². The Kier molecular flexibility index (Phi) is 5.25. The van der Waals surface area contributed by atoms with E-state index in [0.717, 1.165) is 16.9 Å². The van der Waals surface area contributed by atoms with Crippen LogP contribution in [0.4, 0.5) is 0 Å². The molecule has 0 saturated carbocycles. The predicted molar refractivity (Wildman–Crippen MR) is 64.3 cm³/mol. The molecule has 1 aromatic rings. The zero-order valence-corrected chi connectivity index (χ0v) is 10.1. The molecule has 90 valence electrons. The molecule has 4 nitrogen and oxygen atoms in total. The van der Waals surface area contributed by atoms with Crippen molar-refractivity contribution in [3.8, 4) is 5.75 Å². The van der Waals surface area contributed by atoms with Gasteiger partial charge in [-0.15, -0.1) is 0 Å². The van der Waals surface area contributed by atoms with Crippen molar-refractivity contribution >= 4 is 0 Å². The summed E-state index contributed by atoms with van der Waals surface area (Å²) in [6.07, 6.45) is 0. The molecular weight excluding hydrogens is 204 g/mol. The standard InChI is InChI=1S/C12H20N2O2/c1-4-16-8-11(14-13)10-5-6-12(15-3)9(2)7-10/h5-7,11,14H,4,8,13H2,1-3H3. The van der Waals surface area contributed by atoms with E-state index in [-0.39, 0.29) is 6.04 Å². The van der Waals surface area contributed by atoms with Crippen LogP contribution in [0, 0.1) is 6.92 Å². The molecule has 0 spiro atoms. The van der Waals surface area contributed by atoms with Crippen molar-refractivity contribution in [2.45, 2.75) is 19.9 Å². The summed E-state index contributed by atoms with van der Waals surface area (Å²) < 4.78 is 10.6. The van der Waals surface area contributed by atoms with Crippen LogP contribution in [0.25, 0.3) is 0 Å². The van der Waals surface area contributed by atoms with Gasteiger partial charge in [-0.1, -0.05) is 12.1 Å². The summed E-state index contributed by atoms with van der Waals surface area (Å²) in [7, 11) is 1.67. The second-order valence-electron chi connectivity index (χ2n) is 3.61. The Morgan fingerprint density at radius 2 is 2.19 bits per heavy atom. The fourth-order valence-electron chi connectivity index (χ4n) is 1.59. The largest absolute Gasteiger partial charge is 0.496 e. The van der Waals surface area contributed by atoms with Crippen molar-refractivity contribution in [3.63, 3.8) is 0 Å². The summed E-state index contributed by atoms with van der Waals surface area (Å²) in [6, 6.07) is 6.02. The molecule has 0 fully saturated rings. The van der Waals surface area contributed by atoms with Gasteiger partial charge in [0.25, 0.3) is 0 Å². The van der Waals surface area contributed by atoms with Gasteiger partial charge in [-0.25, -0.2) is 0 Å². The highest BCUT2D eigenvalue weighted by atomic mass is 16.5. The average Bonchev–Trinajstić information content (AvgIpc) is 2.30. The van der Waals surface area contributed by atoms with Crippen molar-refractivity contribution in [2.24, 2.45) is 5.84 Å². The molecule has 0 aromatic heterocycles. The molecular formula is C12H20N2O2. The molecule has 0 radical (unpaired) electrons. The van der Waals surface area contributed by atoms with Crippen molar-refractivity contribution in [1.29, 1.82) is 0 Å². The molecule has 1 atom stereocenters. The normalized spacial score (nSPS) is 12.5. The van der Waals surface area contributed by atoms with Crippen LogP contribution >= 0.6 is 0 Å². The van der Waals surface area contributed by atoms with E-state index in [2.05, 4.69) is 11.5 Å². The summed E-state index contributed by atoms with van der Waals surface area (Å²) in [5, 5.41) is 0. The molecule has 0 aliphatic rings. The van der Waals surface area contributed by atoms with Crippen molar-refractivity contribution < 1.29 is 9.47 Å². The third-order valence-corrected chi connectivity index (χ3v) is 2.51.